The van der Waals surface area contributed by atoms with E-state index >= 15 is 0 Å². The number of thioether (sulfide) groups is 1. The van der Waals surface area contributed by atoms with Crippen molar-refractivity contribution < 1.29 is 9.31 Å². The summed E-state index contributed by atoms with van der Waals surface area (Å²) in [5.74, 6) is 0.689. The van der Waals surface area contributed by atoms with Crippen molar-refractivity contribution in [2.24, 2.45) is 7.05 Å². The SMILES string of the molecule is Cn1c(SCc2ccccc2F)nnc1-c1cccc([N+](=O)[O-])c1. The monoisotopic (exact) mass is 344 g/mol. The fraction of sp³-hybridized carbons (Fsp3) is 0.125. The number of rotatable bonds is 5. The minimum atomic E-state index is -0.451. The van der Waals surface area contributed by atoms with Crippen LogP contribution in [0.2, 0.25) is 0 Å². The van der Waals surface area contributed by atoms with Crippen LogP contribution < -0.4 is 0 Å². The number of non-ortho nitro benzene ring substituents is 1. The smallest absolute Gasteiger partial charge is 0.270 e. The molecule has 0 saturated heterocycles. The first-order valence-corrected chi connectivity index (χ1v) is 8.05. The standard InChI is InChI=1S/C16H13FN4O2S/c1-20-15(11-6-4-7-13(9-11)21(22)23)18-19-16(20)24-10-12-5-2-3-8-14(12)17/h2-9H,10H2,1H3. The van der Waals surface area contributed by atoms with Crippen LogP contribution in [0.15, 0.2) is 53.7 Å². The predicted octanol–water partition coefficient (Wildman–Crippen LogP) is 3.82. The lowest BCUT2D eigenvalue weighted by Gasteiger charge is -2.05. The maximum Gasteiger partial charge on any atom is 0.270 e. The Labute approximate surface area is 141 Å². The molecule has 0 atom stereocenters. The molecule has 0 radical (unpaired) electrons. The number of hydrogen-bond donors (Lipinski definition) is 0. The summed E-state index contributed by atoms with van der Waals surface area (Å²) >= 11 is 1.36. The van der Waals surface area contributed by atoms with Crippen molar-refractivity contribution in [3.05, 3.63) is 70.0 Å². The Balaban J connectivity index is 1.83. The van der Waals surface area contributed by atoms with Gasteiger partial charge in [-0.1, -0.05) is 42.1 Å². The molecule has 0 aliphatic heterocycles. The molecular formula is C16H13FN4O2S. The Morgan fingerprint density at radius 3 is 2.75 bits per heavy atom. The van der Waals surface area contributed by atoms with E-state index in [2.05, 4.69) is 10.2 Å². The number of aromatic nitrogens is 3. The lowest BCUT2D eigenvalue weighted by atomic mass is 10.2. The highest BCUT2D eigenvalue weighted by atomic mass is 32.2. The van der Waals surface area contributed by atoms with E-state index in [0.29, 0.717) is 27.9 Å². The zero-order chi connectivity index (χ0) is 17.1. The second-order valence-electron chi connectivity index (χ2n) is 5.05. The topological polar surface area (TPSA) is 73.8 Å². The maximum absolute atomic E-state index is 13.7. The van der Waals surface area contributed by atoms with Crippen LogP contribution in [0.1, 0.15) is 5.56 Å². The molecule has 8 heteroatoms. The van der Waals surface area contributed by atoms with E-state index in [4.69, 9.17) is 0 Å². The molecule has 0 aliphatic rings. The molecule has 0 bridgehead atoms. The highest BCUT2D eigenvalue weighted by molar-refractivity contribution is 7.98. The normalized spacial score (nSPS) is 10.8. The van der Waals surface area contributed by atoms with Gasteiger partial charge in [0.25, 0.3) is 5.69 Å². The summed E-state index contributed by atoms with van der Waals surface area (Å²) in [5, 5.41) is 19.7. The maximum atomic E-state index is 13.7. The Morgan fingerprint density at radius 1 is 1.21 bits per heavy atom. The number of nitrogens with zero attached hydrogens (tertiary/aromatic N) is 4. The average Bonchev–Trinajstić information content (AvgIpc) is 2.95. The van der Waals surface area contributed by atoms with Gasteiger partial charge in [-0.3, -0.25) is 10.1 Å². The van der Waals surface area contributed by atoms with Crippen LogP contribution in [0.3, 0.4) is 0 Å². The Bertz CT molecular complexity index is 897. The Morgan fingerprint density at radius 2 is 2.00 bits per heavy atom. The van der Waals surface area contributed by atoms with Crippen LogP contribution in [0.25, 0.3) is 11.4 Å². The van der Waals surface area contributed by atoms with Gasteiger partial charge in [-0.25, -0.2) is 4.39 Å². The molecule has 1 aromatic heterocycles. The predicted molar refractivity (Wildman–Crippen MR) is 89.1 cm³/mol. The molecule has 3 aromatic rings. The summed E-state index contributed by atoms with van der Waals surface area (Å²) in [6.07, 6.45) is 0. The highest BCUT2D eigenvalue weighted by Crippen LogP contribution is 2.27. The minimum absolute atomic E-state index is 0.00365. The van der Waals surface area contributed by atoms with Crippen molar-refractivity contribution in [1.29, 1.82) is 0 Å². The van der Waals surface area contributed by atoms with Gasteiger partial charge in [-0.2, -0.15) is 0 Å². The van der Waals surface area contributed by atoms with E-state index in [1.54, 1.807) is 41.9 Å². The summed E-state index contributed by atoms with van der Waals surface area (Å²) in [6, 6.07) is 12.8. The fourth-order valence-electron chi connectivity index (χ4n) is 2.21. The van der Waals surface area contributed by atoms with Crippen molar-refractivity contribution in [2.75, 3.05) is 0 Å². The van der Waals surface area contributed by atoms with Gasteiger partial charge in [-0.15, -0.1) is 10.2 Å². The summed E-state index contributed by atoms with van der Waals surface area (Å²) < 4.78 is 15.4. The first-order chi connectivity index (χ1) is 11.6. The molecule has 3 rings (SSSR count). The molecule has 0 unspecified atom stereocenters. The molecule has 1 heterocycles. The van der Waals surface area contributed by atoms with Crippen LogP contribution in [0.4, 0.5) is 10.1 Å². The van der Waals surface area contributed by atoms with Gasteiger partial charge in [0.2, 0.25) is 0 Å². The largest absolute Gasteiger partial charge is 0.305 e. The molecule has 0 amide bonds. The van der Waals surface area contributed by atoms with E-state index in [1.807, 2.05) is 0 Å². The van der Waals surface area contributed by atoms with Crippen molar-refractivity contribution in [3.63, 3.8) is 0 Å². The Kier molecular flexibility index (Phi) is 4.57. The van der Waals surface area contributed by atoms with Crippen LogP contribution in [-0.2, 0) is 12.8 Å². The van der Waals surface area contributed by atoms with Gasteiger partial charge in [-0.05, 0) is 11.6 Å². The van der Waals surface area contributed by atoms with Crippen LogP contribution >= 0.6 is 11.8 Å². The van der Waals surface area contributed by atoms with Crippen LogP contribution in [-0.4, -0.2) is 19.7 Å². The van der Waals surface area contributed by atoms with Crippen molar-refractivity contribution in [1.82, 2.24) is 14.8 Å². The molecular weight excluding hydrogens is 331 g/mol. The third-order valence-corrected chi connectivity index (χ3v) is 4.53. The van der Waals surface area contributed by atoms with E-state index in [9.17, 15) is 14.5 Å². The van der Waals surface area contributed by atoms with Crippen molar-refractivity contribution in [2.45, 2.75) is 10.9 Å². The van der Waals surface area contributed by atoms with Gasteiger partial charge < -0.3 is 4.57 Å². The third-order valence-electron chi connectivity index (χ3n) is 3.46. The molecule has 0 saturated carbocycles. The second kappa shape index (κ2) is 6.79. The van der Waals surface area contributed by atoms with Crippen LogP contribution in [0.5, 0.6) is 0 Å². The molecule has 0 aliphatic carbocycles. The van der Waals surface area contributed by atoms with Crippen molar-refractivity contribution >= 4 is 17.4 Å². The molecule has 122 valence electrons. The van der Waals surface area contributed by atoms with E-state index < -0.39 is 4.92 Å². The van der Waals surface area contributed by atoms with E-state index in [0.717, 1.165) is 0 Å². The molecule has 6 nitrogen and oxygen atoms in total. The quantitative estimate of drug-likeness (QED) is 0.400. The number of nitro benzene ring substituents is 1. The Hall–Kier alpha value is -2.74. The second-order valence-corrected chi connectivity index (χ2v) is 6.00. The van der Waals surface area contributed by atoms with Gasteiger partial charge in [0.05, 0.1) is 4.92 Å². The zero-order valence-corrected chi connectivity index (χ0v) is 13.5. The van der Waals surface area contributed by atoms with E-state index in [1.165, 1.54) is 30.0 Å². The van der Waals surface area contributed by atoms with Gasteiger partial charge in [0.15, 0.2) is 11.0 Å². The zero-order valence-electron chi connectivity index (χ0n) is 12.7. The summed E-state index contributed by atoms with van der Waals surface area (Å²) in [6.45, 7) is 0. The summed E-state index contributed by atoms with van der Waals surface area (Å²) in [5.41, 5.74) is 1.19. The number of benzene rings is 2. The number of halogens is 1. The lowest BCUT2D eigenvalue weighted by molar-refractivity contribution is -0.384. The first kappa shape index (κ1) is 16.1. The molecule has 0 N–H and O–H groups in total. The first-order valence-electron chi connectivity index (χ1n) is 7.06. The molecule has 2 aromatic carbocycles. The number of nitro groups is 1. The van der Waals surface area contributed by atoms with Gasteiger partial charge in [0.1, 0.15) is 5.82 Å². The lowest BCUT2D eigenvalue weighted by Crippen LogP contribution is -1.96. The minimum Gasteiger partial charge on any atom is -0.305 e. The summed E-state index contributed by atoms with van der Waals surface area (Å²) in [7, 11) is 1.78. The van der Waals surface area contributed by atoms with Gasteiger partial charge >= 0.3 is 0 Å². The number of hydrogen-bond acceptors (Lipinski definition) is 5. The summed E-state index contributed by atoms with van der Waals surface area (Å²) in [4.78, 5) is 10.4. The molecule has 0 spiro atoms. The highest BCUT2D eigenvalue weighted by Gasteiger charge is 2.14. The average molecular weight is 344 g/mol. The van der Waals surface area contributed by atoms with Crippen LogP contribution in [0, 0.1) is 15.9 Å². The fourth-order valence-corrected chi connectivity index (χ4v) is 3.11. The third kappa shape index (κ3) is 3.28. The molecule has 24 heavy (non-hydrogen) atoms. The van der Waals surface area contributed by atoms with Crippen molar-refractivity contribution in [3.8, 4) is 11.4 Å². The van der Waals surface area contributed by atoms with E-state index in [-0.39, 0.29) is 11.5 Å². The molecule has 0 fully saturated rings. The van der Waals surface area contributed by atoms with Gasteiger partial charge in [0, 0.05) is 30.5 Å².